The summed E-state index contributed by atoms with van der Waals surface area (Å²) >= 11 is 0. The third-order valence-corrected chi connectivity index (χ3v) is 2.58. The molecule has 2 radical (unpaired) electrons. The van der Waals surface area contributed by atoms with Gasteiger partial charge in [-0.2, -0.15) is 0 Å². The van der Waals surface area contributed by atoms with Gasteiger partial charge in [-0.3, -0.25) is 0 Å². The molecule has 0 aromatic rings. The average Bonchev–Trinajstić information content (AvgIpc) is 2.03. The van der Waals surface area contributed by atoms with E-state index in [1.54, 1.807) is 0 Å². The molecule has 0 nitrogen and oxygen atoms in total. The van der Waals surface area contributed by atoms with E-state index in [1.165, 1.54) is 38.5 Å². The van der Waals surface area contributed by atoms with E-state index in [1.807, 2.05) is 0 Å². The van der Waals surface area contributed by atoms with Crippen molar-refractivity contribution in [3.63, 3.8) is 0 Å². The van der Waals surface area contributed by atoms with E-state index in [2.05, 4.69) is 20.8 Å². The molecule has 0 aromatic carbocycles. The zero-order chi connectivity index (χ0) is 9.40. The number of hydrogen-bond acceptors (Lipinski definition) is 0. The summed E-state index contributed by atoms with van der Waals surface area (Å²) in [6.07, 6.45) is 7.96. The largest absolute Gasteiger partial charge is 0.0774 e. The van der Waals surface area contributed by atoms with Gasteiger partial charge in [0.1, 0.15) is 0 Å². The van der Waals surface area contributed by atoms with Crippen LogP contribution in [-0.2, 0) is 0 Å². The van der Waals surface area contributed by atoms with Gasteiger partial charge in [-0.05, 0) is 5.92 Å². The summed E-state index contributed by atoms with van der Waals surface area (Å²) in [5, 5.41) is 0. The van der Waals surface area contributed by atoms with Crippen LogP contribution in [0.3, 0.4) is 0 Å². The Morgan fingerprint density at radius 3 is 2.08 bits per heavy atom. The summed E-state index contributed by atoms with van der Waals surface area (Å²) in [6, 6.07) is 0. The van der Waals surface area contributed by atoms with Crippen LogP contribution in [0, 0.1) is 5.92 Å². The Bertz CT molecular complexity index is 89.0. The van der Waals surface area contributed by atoms with Crippen LogP contribution in [0.25, 0.3) is 0 Å². The molecule has 0 aliphatic heterocycles. The predicted octanol–water partition coefficient (Wildman–Crippen LogP) is 3.96. The lowest BCUT2D eigenvalue weighted by atomic mass is 9.74. The minimum absolute atomic E-state index is 0.391. The third-order valence-electron chi connectivity index (χ3n) is 2.58. The van der Waals surface area contributed by atoms with Crippen molar-refractivity contribution in [3.8, 4) is 0 Å². The van der Waals surface area contributed by atoms with E-state index in [0.29, 0.717) is 5.82 Å². The van der Waals surface area contributed by atoms with Crippen molar-refractivity contribution in [1.82, 2.24) is 0 Å². The number of rotatable bonds is 7. The van der Waals surface area contributed by atoms with Crippen LogP contribution >= 0.6 is 0 Å². The molecule has 0 fully saturated rings. The van der Waals surface area contributed by atoms with E-state index in [9.17, 15) is 0 Å². The summed E-state index contributed by atoms with van der Waals surface area (Å²) < 4.78 is 0. The van der Waals surface area contributed by atoms with Crippen molar-refractivity contribution in [2.45, 2.75) is 65.1 Å². The van der Waals surface area contributed by atoms with Gasteiger partial charge < -0.3 is 0 Å². The lowest BCUT2D eigenvalue weighted by Gasteiger charge is -2.20. The Morgan fingerprint density at radius 2 is 1.67 bits per heavy atom. The summed E-state index contributed by atoms with van der Waals surface area (Å²) in [6.45, 7) is 6.64. The molecule has 0 spiro atoms. The Labute approximate surface area is 79.5 Å². The molecule has 2 unspecified atom stereocenters. The van der Waals surface area contributed by atoms with Crippen LogP contribution in [0.2, 0.25) is 5.82 Å². The molecular weight excluding hydrogens is 143 g/mol. The Balaban J connectivity index is 3.49. The highest BCUT2D eigenvalue weighted by molar-refractivity contribution is 6.11. The van der Waals surface area contributed by atoms with Crippen molar-refractivity contribution in [1.29, 1.82) is 0 Å². The SMILES string of the molecule is [B]C(C)C(CCC)CCCCC. The van der Waals surface area contributed by atoms with Crippen molar-refractivity contribution in [3.05, 3.63) is 0 Å². The number of unbranched alkanes of at least 4 members (excludes halogenated alkanes) is 2. The minimum Gasteiger partial charge on any atom is -0.0774 e. The zero-order valence-electron chi connectivity index (χ0n) is 8.97. The number of hydrogen-bond donors (Lipinski definition) is 0. The lowest BCUT2D eigenvalue weighted by molar-refractivity contribution is 0.413. The first-order valence-corrected chi connectivity index (χ1v) is 5.47. The summed E-state index contributed by atoms with van der Waals surface area (Å²) in [4.78, 5) is 0. The fourth-order valence-electron chi connectivity index (χ4n) is 1.70. The van der Waals surface area contributed by atoms with Gasteiger partial charge >= 0.3 is 0 Å². The van der Waals surface area contributed by atoms with Crippen LogP contribution in [0.15, 0.2) is 0 Å². The fourth-order valence-corrected chi connectivity index (χ4v) is 1.70. The maximum atomic E-state index is 5.90. The van der Waals surface area contributed by atoms with Gasteiger partial charge in [0.15, 0.2) is 0 Å². The van der Waals surface area contributed by atoms with Gasteiger partial charge in [0.2, 0.25) is 0 Å². The first-order valence-electron chi connectivity index (χ1n) is 5.47. The lowest BCUT2D eigenvalue weighted by Crippen LogP contribution is -2.06. The second-order valence-corrected chi connectivity index (χ2v) is 3.90. The van der Waals surface area contributed by atoms with Gasteiger partial charge in [-0.25, -0.2) is 0 Å². The highest BCUT2D eigenvalue weighted by Gasteiger charge is 2.10. The van der Waals surface area contributed by atoms with Crippen LogP contribution in [-0.4, -0.2) is 7.85 Å². The summed E-state index contributed by atoms with van der Waals surface area (Å²) in [5.41, 5.74) is 0. The molecule has 0 aliphatic rings. The topological polar surface area (TPSA) is 0 Å². The smallest absolute Gasteiger partial charge is 0.0699 e. The first-order chi connectivity index (χ1) is 5.72. The Kier molecular flexibility index (Phi) is 7.74. The van der Waals surface area contributed by atoms with Gasteiger partial charge in [-0.15, -0.1) is 0 Å². The molecule has 2 atom stereocenters. The van der Waals surface area contributed by atoms with Crippen LogP contribution < -0.4 is 0 Å². The second kappa shape index (κ2) is 7.70. The van der Waals surface area contributed by atoms with Gasteiger partial charge in [0.05, 0.1) is 7.85 Å². The Hall–Kier alpha value is 0.0649. The predicted molar refractivity (Wildman–Crippen MR) is 57.7 cm³/mol. The van der Waals surface area contributed by atoms with Crippen molar-refractivity contribution in [2.24, 2.45) is 5.92 Å². The monoisotopic (exact) mass is 166 g/mol. The molecule has 1 heteroatoms. The van der Waals surface area contributed by atoms with Crippen LogP contribution in [0.5, 0.6) is 0 Å². The molecule has 0 aliphatic carbocycles. The van der Waals surface area contributed by atoms with Crippen molar-refractivity contribution >= 4 is 7.85 Å². The third kappa shape index (κ3) is 5.68. The highest BCUT2D eigenvalue weighted by Crippen LogP contribution is 2.25. The zero-order valence-corrected chi connectivity index (χ0v) is 8.97. The molecule has 0 saturated carbocycles. The van der Waals surface area contributed by atoms with Crippen molar-refractivity contribution < 1.29 is 0 Å². The standard InChI is InChI=1S/C11H23B/c1-4-6-7-9-11(8-5-2)10(3)12/h10-11H,4-9H2,1-3H3. The van der Waals surface area contributed by atoms with Crippen LogP contribution in [0.1, 0.15) is 59.3 Å². The molecule has 0 amide bonds. The van der Waals surface area contributed by atoms with Gasteiger partial charge in [0.25, 0.3) is 0 Å². The molecular formula is C11H23B. The van der Waals surface area contributed by atoms with E-state index in [-0.39, 0.29) is 0 Å². The first kappa shape index (κ1) is 12.1. The van der Waals surface area contributed by atoms with E-state index < -0.39 is 0 Å². The molecule has 0 aromatic heterocycles. The van der Waals surface area contributed by atoms with E-state index in [0.717, 1.165) is 5.92 Å². The van der Waals surface area contributed by atoms with Crippen molar-refractivity contribution in [2.75, 3.05) is 0 Å². The maximum absolute atomic E-state index is 5.90. The van der Waals surface area contributed by atoms with Crippen LogP contribution in [0.4, 0.5) is 0 Å². The highest BCUT2D eigenvalue weighted by atomic mass is 14.1. The molecule has 0 heterocycles. The second-order valence-electron chi connectivity index (χ2n) is 3.90. The maximum Gasteiger partial charge on any atom is 0.0699 e. The molecule has 0 saturated heterocycles. The van der Waals surface area contributed by atoms with E-state index >= 15 is 0 Å². The average molecular weight is 166 g/mol. The molecule has 0 N–H and O–H groups in total. The quantitative estimate of drug-likeness (QED) is 0.396. The normalized spacial score (nSPS) is 15.9. The summed E-state index contributed by atoms with van der Waals surface area (Å²) in [5.74, 6) is 1.16. The molecule has 0 rings (SSSR count). The fraction of sp³-hybridized carbons (Fsp3) is 1.00. The molecule has 12 heavy (non-hydrogen) atoms. The molecule has 0 bridgehead atoms. The molecule has 70 valence electrons. The minimum atomic E-state index is 0.391. The van der Waals surface area contributed by atoms with E-state index in [4.69, 9.17) is 7.85 Å². The van der Waals surface area contributed by atoms with Gasteiger partial charge in [0, 0.05) is 0 Å². The Morgan fingerprint density at radius 1 is 1.00 bits per heavy atom. The van der Waals surface area contributed by atoms with Gasteiger partial charge in [-0.1, -0.05) is 65.1 Å². The summed E-state index contributed by atoms with van der Waals surface area (Å²) in [7, 11) is 5.90.